The van der Waals surface area contributed by atoms with Gasteiger partial charge in [0.1, 0.15) is 0 Å². The van der Waals surface area contributed by atoms with E-state index < -0.39 is 0 Å². The van der Waals surface area contributed by atoms with Crippen LogP contribution in [0.5, 0.6) is 0 Å². The summed E-state index contributed by atoms with van der Waals surface area (Å²) < 4.78 is 5.68. The zero-order valence-corrected chi connectivity index (χ0v) is 18.6. The van der Waals surface area contributed by atoms with Crippen molar-refractivity contribution in [2.24, 2.45) is 4.99 Å². The minimum Gasteiger partial charge on any atom is -0.381 e. The Morgan fingerprint density at radius 1 is 1.07 bits per heavy atom. The summed E-state index contributed by atoms with van der Waals surface area (Å²) in [4.78, 5) is 7.27. The Morgan fingerprint density at radius 3 is 2.33 bits per heavy atom. The largest absolute Gasteiger partial charge is 0.381 e. The number of hydrogen-bond acceptors (Lipinski definition) is 3. The molecule has 1 aliphatic rings. The molecule has 0 aromatic heterocycles. The summed E-state index contributed by atoms with van der Waals surface area (Å²) in [6.45, 7) is 8.32. The third kappa shape index (κ3) is 6.31. The molecule has 162 valence electrons. The lowest BCUT2D eigenvalue weighted by molar-refractivity contribution is 0.0373. The second kappa shape index (κ2) is 11.1. The quantitative estimate of drug-likeness (QED) is 0.512. The van der Waals surface area contributed by atoms with Crippen molar-refractivity contribution in [3.8, 4) is 0 Å². The highest BCUT2D eigenvalue weighted by atomic mass is 16.5. The summed E-state index contributed by atoms with van der Waals surface area (Å²) in [5.74, 6) is 0.946. The van der Waals surface area contributed by atoms with E-state index in [1.807, 2.05) is 0 Å². The molecule has 0 bridgehead atoms. The fraction of sp³-hybridized carbons (Fsp3) is 0.480. The maximum absolute atomic E-state index is 5.68. The summed E-state index contributed by atoms with van der Waals surface area (Å²) in [5.41, 5.74) is 2.53. The summed E-state index contributed by atoms with van der Waals surface area (Å²) in [7, 11) is 2.10. The lowest BCUT2D eigenvalue weighted by Gasteiger charge is -2.40. The van der Waals surface area contributed by atoms with Crippen LogP contribution in [-0.2, 0) is 11.3 Å². The third-order valence-electron chi connectivity index (χ3n) is 5.76. The Bertz CT molecular complexity index is 772. The van der Waals surface area contributed by atoms with Crippen molar-refractivity contribution in [3.05, 3.63) is 71.8 Å². The standard InChI is InChI=1S/C25H36N4O/c1-4-26-24(29(3)19-22-11-7-5-8-12-22)27-20-25(15-17-30-18-16-25)28-21(2)23-13-9-6-10-14-23/h5-14,21,28H,4,15-20H2,1-3H3,(H,26,27). The van der Waals surface area contributed by atoms with Crippen LogP contribution in [0.1, 0.15) is 43.9 Å². The highest BCUT2D eigenvalue weighted by Crippen LogP contribution is 2.26. The molecular formula is C25H36N4O. The first-order valence-corrected chi connectivity index (χ1v) is 11.1. The van der Waals surface area contributed by atoms with Crippen molar-refractivity contribution < 1.29 is 4.74 Å². The maximum atomic E-state index is 5.68. The molecule has 30 heavy (non-hydrogen) atoms. The molecule has 1 heterocycles. The Morgan fingerprint density at radius 2 is 1.70 bits per heavy atom. The van der Waals surface area contributed by atoms with Crippen LogP contribution in [0.15, 0.2) is 65.7 Å². The molecule has 5 nitrogen and oxygen atoms in total. The number of hydrogen-bond donors (Lipinski definition) is 2. The van der Waals surface area contributed by atoms with Gasteiger partial charge in [0.05, 0.1) is 6.54 Å². The van der Waals surface area contributed by atoms with E-state index in [2.05, 4.69) is 97.1 Å². The average Bonchev–Trinajstić information content (AvgIpc) is 2.78. The van der Waals surface area contributed by atoms with Gasteiger partial charge in [-0.15, -0.1) is 0 Å². The number of rotatable bonds is 8. The zero-order valence-electron chi connectivity index (χ0n) is 18.6. The van der Waals surface area contributed by atoms with Gasteiger partial charge in [0.25, 0.3) is 0 Å². The third-order valence-corrected chi connectivity index (χ3v) is 5.76. The first-order valence-electron chi connectivity index (χ1n) is 11.1. The number of aliphatic imine (C=N–C) groups is 1. The average molecular weight is 409 g/mol. The van der Waals surface area contributed by atoms with Crippen LogP contribution in [0.25, 0.3) is 0 Å². The van der Waals surface area contributed by atoms with E-state index >= 15 is 0 Å². The molecule has 3 rings (SSSR count). The van der Waals surface area contributed by atoms with Gasteiger partial charge in [-0.2, -0.15) is 0 Å². The van der Waals surface area contributed by atoms with Crippen molar-refractivity contribution in [1.29, 1.82) is 0 Å². The van der Waals surface area contributed by atoms with Crippen LogP contribution >= 0.6 is 0 Å². The van der Waals surface area contributed by atoms with Crippen LogP contribution in [0.4, 0.5) is 0 Å². The summed E-state index contributed by atoms with van der Waals surface area (Å²) in [5, 5.41) is 7.36. The van der Waals surface area contributed by atoms with Gasteiger partial charge >= 0.3 is 0 Å². The molecule has 1 saturated heterocycles. The fourth-order valence-electron chi connectivity index (χ4n) is 4.02. The normalized spacial score (nSPS) is 17.4. The molecule has 1 aliphatic heterocycles. The molecule has 2 aromatic carbocycles. The maximum Gasteiger partial charge on any atom is 0.194 e. The van der Waals surface area contributed by atoms with Gasteiger partial charge in [-0.1, -0.05) is 60.7 Å². The second-order valence-corrected chi connectivity index (χ2v) is 8.18. The number of benzene rings is 2. The summed E-state index contributed by atoms with van der Waals surface area (Å²) >= 11 is 0. The molecule has 5 heteroatoms. The SMILES string of the molecule is CCNC(=NCC1(NC(C)c2ccccc2)CCOCC1)N(C)Cc1ccccc1. The molecule has 0 radical (unpaired) electrons. The minimum atomic E-state index is -0.0538. The van der Waals surface area contributed by atoms with Gasteiger partial charge in [0.15, 0.2) is 5.96 Å². The van der Waals surface area contributed by atoms with Crippen LogP contribution in [0, 0.1) is 0 Å². The van der Waals surface area contributed by atoms with E-state index in [4.69, 9.17) is 9.73 Å². The Hall–Kier alpha value is -2.37. The van der Waals surface area contributed by atoms with Gasteiger partial charge < -0.3 is 20.3 Å². The number of nitrogens with zero attached hydrogens (tertiary/aromatic N) is 2. The van der Waals surface area contributed by atoms with Gasteiger partial charge in [-0.05, 0) is 37.8 Å². The first-order chi connectivity index (χ1) is 14.6. The predicted molar refractivity (Wildman–Crippen MR) is 125 cm³/mol. The fourth-order valence-corrected chi connectivity index (χ4v) is 4.02. The topological polar surface area (TPSA) is 48.9 Å². The predicted octanol–water partition coefficient (Wildman–Crippen LogP) is 3.98. The molecule has 1 fully saturated rings. The molecule has 2 aromatic rings. The van der Waals surface area contributed by atoms with E-state index in [0.29, 0.717) is 0 Å². The number of nitrogens with one attached hydrogen (secondary N) is 2. The Labute approximate surface area is 181 Å². The van der Waals surface area contributed by atoms with Crippen molar-refractivity contribution in [3.63, 3.8) is 0 Å². The van der Waals surface area contributed by atoms with Gasteiger partial charge in [-0.3, -0.25) is 4.99 Å². The molecule has 0 aliphatic carbocycles. The summed E-state index contributed by atoms with van der Waals surface area (Å²) in [6, 6.07) is 21.4. The molecule has 1 atom stereocenters. The van der Waals surface area contributed by atoms with Crippen LogP contribution in [0.3, 0.4) is 0 Å². The van der Waals surface area contributed by atoms with Crippen molar-refractivity contribution in [2.75, 3.05) is 33.4 Å². The summed E-state index contributed by atoms with van der Waals surface area (Å²) in [6.07, 6.45) is 1.94. The van der Waals surface area contributed by atoms with Crippen molar-refractivity contribution in [2.45, 2.75) is 44.8 Å². The monoisotopic (exact) mass is 408 g/mol. The highest BCUT2D eigenvalue weighted by Gasteiger charge is 2.34. The van der Waals surface area contributed by atoms with Gasteiger partial charge in [-0.25, -0.2) is 0 Å². The second-order valence-electron chi connectivity index (χ2n) is 8.18. The lowest BCUT2D eigenvalue weighted by atomic mass is 9.88. The zero-order chi connectivity index (χ0) is 21.2. The van der Waals surface area contributed by atoms with Gasteiger partial charge in [0.2, 0.25) is 0 Å². The number of guanidine groups is 1. The number of ether oxygens (including phenoxy) is 1. The Balaban J connectivity index is 1.73. The molecule has 1 unspecified atom stereocenters. The van der Waals surface area contributed by atoms with Crippen molar-refractivity contribution >= 4 is 5.96 Å². The van der Waals surface area contributed by atoms with Crippen LogP contribution < -0.4 is 10.6 Å². The highest BCUT2D eigenvalue weighted by molar-refractivity contribution is 5.79. The molecule has 0 spiro atoms. The van der Waals surface area contributed by atoms with Crippen LogP contribution in [0.2, 0.25) is 0 Å². The van der Waals surface area contributed by atoms with Crippen molar-refractivity contribution in [1.82, 2.24) is 15.5 Å². The van der Waals surface area contributed by atoms with E-state index in [9.17, 15) is 0 Å². The minimum absolute atomic E-state index is 0.0538. The smallest absolute Gasteiger partial charge is 0.194 e. The van der Waals surface area contributed by atoms with Gasteiger partial charge in [0, 0.05) is 44.9 Å². The lowest BCUT2D eigenvalue weighted by Crippen LogP contribution is -2.53. The van der Waals surface area contributed by atoms with E-state index in [1.54, 1.807) is 0 Å². The van der Waals surface area contributed by atoms with E-state index in [-0.39, 0.29) is 11.6 Å². The first kappa shape index (κ1) is 22.3. The van der Waals surface area contributed by atoms with E-state index in [0.717, 1.165) is 51.6 Å². The molecule has 2 N–H and O–H groups in total. The molecule has 0 amide bonds. The molecular weight excluding hydrogens is 372 g/mol. The Kier molecular flexibility index (Phi) is 8.29. The van der Waals surface area contributed by atoms with E-state index in [1.165, 1.54) is 11.1 Å². The molecule has 0 saturated carbocycles. The van der Waals surface area contributed by atoms with Crippen LogP contribution in [-0.4, -0.2) is 49.7 Å².